The van der Waals surface area contributed by atoms with Crippen LogP contribution in [0.1, 0.15) is 23.2 Å². The molecule has 1 aliphatic rings. The molecule has 2 rings (SSSR count). The Morgan fingerprint density at radius 2 is 1.89 bits per heavy atom. The number of likely N-dealkylation sites (tertiary alicyclic amines) is 1. The minimum Gasteiger partial charge on any atom is -0.504 e. The highest BCUT2D eigenvalue weighted by atomic mass is 16.6. The third-order valence-corrected chi connectivity index (χ3v) is 2.91. The van der Waals surface area contributed by atoms with Crippen molar-refractivity contribution in [2.24, 2.45) is 0 Å². The summed E-state index contributed by atoms with van der Waals surface area (Å²) in [6, 6.07) is 2.03. The topological polar surface area (TPSA) is 104 Å². The van der Waals surface area contributed by atoms with Gasteiger partial charge in [-0.05, 0) is 18.9 Å². The molecule has 0 spiro atoms. The predicted octanol–water partition coefficient (Wildman–Crippen LogP) is 1.24. The highest BCUT2D eigenvalue weighted by Gasteiger charge is 2.25. The monoisotopic (exact) mass is 252 g/mol. The normalized spacial score (nSPS) is 14.8. The van der Waals surface area contributed by atoms with Crippen molar-refractivity contribution >= 4 is 11.6 Å². The van der Waals surface area contributed by atoms with Crippen LogP contribution in [0.15, 0.2) is 12.1 Å². The zero-order valence-electron chi connectivity index (χ0n) is 9.50. The van der Waals surface area contributed by atoms with Crippen molar-refractivity contribution in [1.29, 1.82) is 0 Å². The molecule has 0 saturated carbocycles. The van der Waals surface area contributed by atoms with Crippen LogP contribution in [0.5, 0.6) is 11.5 Å². The van der Waals surface area contributed by atoms with Crippen LogP contribution in [-0.4, -0.2) is 39.0 Å². The Hall–Kier alpha value is -2.31. The molecule has 96 valence electrons. The Bertz CT molecular complexity index is 508. The van der Waals surface area contributed by atoms with Crippen molar-refractivity contribution in [3.8, 4) is 11.5 Å². The lowest BCUT2D eigenvalue weighted by Crippen LogP contribution is -2.27. The van der Waals surface area contributed by atoms with Gasteiger partial charge in [0.1, 0.15) is 0 Å². The molecule has 7 heteroatoms. The van der Waals surface area contributed by atoms with Gasteiger partial charge in [0, 0.05) is 19.2 Å². The number of hydrogen-bond donors (Lipinski definition) is 2. The number of benzene rings is 1. The smallest absolute Gasteiger partial charge is 0.315 e. The molecule has 1 aromatic carbocycles. The molecule has 2 N–H and O–H groups in total. The standard InChI is InChI=1S/C11H12N2O5/c14-9-6-7(5-8(10(9)15)13(17)18)11(16)12-3-1-2-4-12/h5-6,14-15H,1-4H2. The molecule has 0 aliphatic carbocycles. The fourth-order valence-electron chi connectivity index (χ4n) is 1.97. The highest BCUT2D eigenvalue weighted by Crippen LogP contribution is 2.36. The summed E-state index contributed by atoms with van der Waals surface area (Å²) in [6.45, 7) is 1.21. The van der Waals surface area contributed by atoms with Crippen LogP contribution < -0.4 is 0 Å². The number of nitro benzene ring substituents is 1. The number of amides is 1. The molecular formula is C11H12N2O5. The number of carbonyl (C=O) groups is 1. The molecule has 1 amide bonds. The lowest BCUT2D eigenvalue weighted by molar-refractivity contribution is -0.386. The molecule has 1 heterocycles. The van der Waals surface area contributed by atoms with E-state index in [0.717, 1.165) is 25.0 Å². The molecule has 18 heavy (non-hydrogen) atoms. The number of hydrogen-bond acceptors (Lipinski definition) is 5. The van der Waals surface area contributed by atoms with Gasteiger partial charge in [-0.3, -0.25) is 14.9 Å². The number of phenolic OH excluding ortho intramolecular Hbond substituents is 2. The zero-order valence-corrected chi connectivity index (χ0v) is 9.50. The second kappa shape index (κ2) is 4.52. The van der Waals surface area contributed by atoms with Gasteiger partial charge in [-0.15, -0.1) is 0 Å². The van der Waals surface area contributed by atoms with E-state index in [1.807, 2.05) is 0 Å². The fraction of sp³-hybridized carbons (Fsp3) is 0.364. The van der Waals surface area contributed by atoms with E-state index in [1.165, 1.54) is 0 Å². The van der Waals surface area contributed by atoms with Gasteiger partial charge in [-0.2, -0.15) is 0 Å². The lowest BCUT2D eigenvalue weighted by atomic mass is 10.1. The SMILES string of the molecule is O=C(c1cc(O)c(O)c([N+](=O)[O-])c1)N1CCCC1. The number of rotatable bonds is 2. The van der Waals surface area contributed by atoms with Crippen molar-refractivity contribution in [2.45, 2.75) is 12.8 Å². The van der Waals surface area contributed by atoms with E-state index in [2.05, 4.69) is 0 Å². The third-order valence-electron chi connectivity index (χ3n) is 2.91. The van der Waals surface area contributed by atoms with Crippen molar-refractivity contribution in [2.75, 3.05) is 13.1 Å². The van der Waals surface area contributed by atoms with E-state index in [0.29, 0.717) is 13.1 Å². The maximum absolute atomic E-state index is 12.0. The maximum Gasteiger partial charge on any atom is 0.315 e. The minimum absolute atomic E-state index is 0.0129. The molecule has 1 aliphatic heterocycles. The van der Waals surface area contributed by atoms with Gasteiger partial charge in [-0.1, -0.05) is 0 Å². The second-order valence-corrected chi connectivity index (χ2v) is 4.12. The van der Waals surface area contributed by atoms with Gasteiger partial charge < -0.3 is 15.1 Å². The summed E-state index contributed by atoms with van der Waals surface area (Å²) in [6.07, 6.45) is 1.80. The lowest BCUT2D eigenvalue weighted by Gasteiger charge is -2.15. The van der Waals surface area contributed by atoms with Gasteiger partial charge >= 0.3 is 5.69 Å². The molecule has 0 aromatic heterocycles. The van der Waals surface area contributed by atoms with E-state index >= 15 is 0 Å². The third kappa shape index (κ3) is 2.06. The first kappa shape index (κ1) is 12.2. The molecular weight excluding hydrogens is 240 g/mol. The van der Waals surface area contributed by atoms with Gasteiger partial charge in [-0.25, -0.2) is 0 Å². The number of nitrogens with zero attached hydrogens (tertiary/aromatic N) is 2. The Morgan fingerprint density at radius 1 is 1.28 bits per heavy atom. The summed E-state index contributed by atoms with van der Waals surface area (Å²) in [4.78, 5) is 23.4. The summed E-state index contributed by atoms with van der Waals surface area (Å²) in [5, 5.41) is 29.4. The van der Waals surface area contributed by atoms with Gasteiger partial charge in [0.25, 0.3) is 5.91 Å². The van der Waals surface area contributed by atoms with E-state index in [1.54, 1.807) is 4.90 Å². The molecule has 0 atom stereocenters. The summed E-state index contributed by atoms with van der Waals surface area (Å²) in [5.74, 6) is -1.85. The van der Waals surface area contributed by atoms with Crippen LogP contribution in [0.2, 0.25) is 0 Å². The predicted molar refractivity (Wildman–Crippen MR) is 61.6 cm³/mol. The Morgan fingerprint density at radius 3 is 2.44 bits per heavy atom. The molecule has 1 aromatic rings. The fourth-order valence-corrected chi connectivity index (χ4v) is 1.97. The summed E-state index contributed by atoms with van der Waals surface area (Å²) >= 11 is 0. The first-order valence-corrected chi connectivity index (χ1v) is 5.50. The van der Waals surface area contributed by atoms with E-state index < -0.39 is 22.1 Å². The van der Waals surface area contributed by atoms with E-state index in [-0.39, 0.29) is 11.5 Å². The van der Waals surface area contributed by atoms with E-state index in [9.17, 15) is 25.1 Å². The van der Waals surface area contributed by atoms with Crippen LogP contribution in [0, 0.1) is 10.1 Å². The molecule has 7 nitrogen and oxygen atoms in total. The van der Waals surface area contributed by atoms with Crippen molar-refractivity contribution in [3.05, 3.63) is 27.8 Å². The molecule has 0 bridgehead atoms. The van der Waals surface area contributed by atoms with E-state index in [4.69, 9.17) is 0 Å². The van der Waals surface area contributed by atoms with Crippen molar-refractivity contribution in [1.82, 2.24) is 4.90 Å². The Balaban J connectivity index is 2.39. The summed E-state index contributed by atoms with van der Waals surface area (Å²) in [5.41, 5.74) is -0.656. The van der Waals surface area contributed by atoms with Crippen molar-refractivity contribution in [3.63, 3.8) is 0 Å². The van der Waals surface area contributed by atoms with Gasteiger partial charge in [0.15, 0.2) is 5.75 Å². The average Bonchev–Trinajstić information content (AvgIpc) is 2.84. The van der Waals surface area contributed by atoms with Crippen LogP contribution >= 0.6 is 0 Å². The number of nitro groups is 1. The molecule has 1 fully saturated rings. The number of carbonyl (C=O) groups excluding carboxylic acids is 1. The van der Waals surface area contributed by atoms with Crippen molar-refractivity contribution < 1.29 is 19.9 Å². The van der Waals surface area contributed by atoms with Crippen LogP contribution in [0.25, 0.3) is 0 Å². The number of aromatic hydroxyl groups is 2. The average molecular weight is 252 g/mol. The molecule has 1 saturated heterocycles. The Labute approximate surface area is 102 Å². The first-order valence-electron chi connectivity index (χ1n) is 5.50. The van der Waals surface area contributed by atoms with Gasteiger partial charge in [0.2, 0.25) is 5.75 Å². The second-order valence-electron chi connectivity index (χ2n) is 4.12. The largest absolute Gasteiger partial charge is 0.504 e. The zero-order chi connectivity index (χ0) is 13.3. The van der Waals surface area contributed by atoms with Crippen LogP contribution in [-0.2, 0) is 0 Å². The highest BCUT2D eigenvalue weighted by molar-refractivity contribution is 5.96. The molecule has 0 unspecified atom stereocenters. The minimum atomic E-state index is -0.837. The molecule has 0 radical (unpaired) electrons. The summed E-state index contributed by atoms with van der Waals surface area (Å²) in [7, 11) is 0. The van der Waals surface area contributed by atoms with Crippen LogP contribution in [0.3, 0.4) is 0 Å². The maximum atomic E-state index is 12.0. The van der Waals surface area contributed by atoms with Gasteiger partial charge in [0.05, 0.1) is 10.5 Å². The van der Waals surface area contributed by atoms with Crippen LogP contribution in [0.4, 0.5) is 5.69 Å². The Kier molecular flexibility index (Phi) is 3.05. The number of phenols is 2. The first-order chi connectivity index (χ1) is 8.50. The summed E-state index contributed by atoms with van der Waals surface area (Å²) < 4.78 is 0. The quantitative estimate of drug-likeness (QED) is 0.468.